The summed E-state index contributed by atoms with van der Waals surface area (Å²) in [5.41, 5.74) is -3.52. The SMILES string of the molecule is Cl.O=C(CC1COCCN1)Nc1cc(C(F)(F)F)cc(C(F)(F)F)c1. The van der Waals surface area contributed by atoms with E-state index in [2.05, 4.69) is 10.6 Å². The minimum Gasteiger partial charge on any atom is -0.378 e. The second-order valence-electron chi connectivity index (χ2n) is 5.27. The molecule has 1 amide bonds. The van der Waals surface area contributed by atoms with Crippen molar-refractivity contribution in [3.8, 4) is 0 Å². The maximum Gasteiger partial charge on any atom is 0.416 e. The van der Waals surface area contributed by atoms with Crippen LogP contribution in [0, 0.1) is 0 Å². The second-order valence-corrected chi connectivity index (χ2v) is 5.27. The van der Waals surface area contributed by atoms with E-state index in [0.29, 0.717) is 25.3 Å². The summed E-state index contributed by atoms with van der Waals surface area (Å²) < 4.78 is 81.6. The first-order valence-electron chi connectivity index (χ1n) is 6.96. The van der Waals surface area contributed by atoms with Crippen molar-refractivity contribution in [2.24, 2.45) is 0 Å². The van der Waals surface area contributed by atoms with E-state index >= 15 is 0 Å². The summed E-state index contributed by atoms with van der Waals surface area (Å²) in [6, 6.07) is 0.605. The van der Waals surface area contributed by atoms with Gasteiger partial charge in [0, 0.05) is 24.7 Å². The monoisotopic (exact) mass is 392 g/mol. The van der Waals surface area contributed by atoms with Gasteiger partial charge >= 0.3 is 12.4 Å². The molecule has 0 spiro atoms. The van der Waals surface area contributed by atoms with Gasteiger partial charge in [0.25, 0.3) is 0 Å². The number of nitrogens with one attached hydrogen (secondary N) is 2. The van der Waals surface area contributed by atoms with Crippen LogP contribution in [0.2, 0.25) is 0 Å². The second kappa shape index (κ2) is 8.24. The number of rotatable bonds is 3. The average molecular weight is 393 g/mol. The fourth-order valence-electron chi connectivity index (χ4n) is 2.21. The number of carbonyl (C=O) groups excluding carboxylic acids is 1. The van der Waals surface area contributed by atoms with Crippen LogP contribution < -0.4 is 10.6 Å². The quantitative estimate of drug-likeness (QED) is 0.775. The maximum atomic E-state index is 12.7. The van der Waals surface area contributed by atoms with Crippen LogP contribution >= 0.6 is 12.4 Å². The lowest BCUT2D eigenvalue weighted by molar-refractivity contribution is -0.143. The topological polar surface area (TPSA) is 50.4 Å². The van der Waals surface area contributed by atoms with Gasteiger partial charge in [-0.15, -0.1) is 12.4 Å². The van der Waals surface area contributed by atoms with Gasteiger partial charge in [0.2, 0.25) is 5.91 Å². The van der Waals surface area contributed by atoms with E-state index < -0.39 is 35.1 Å². The van der Waals surface area contributed by atoms with Gasteiger partial charge in [0.15, 0.2) is 0 Å². The number of carbonyl (C=O) groups is 1. The minimum absolute atomic E-state index is 0. The highest BCUT2D eigenvalue weighted by molar-refractivity contribution is 5.91. The summed E-state index contributed by atoms with van der Waals surface area (Å²) in [6.07, 6.45) is -10.0. The van der Waals surface area contributed by atoms with Gasteiger partial charge in [0.05, 0.1) is 24.3 Å². The average Bonchev–Trinajstić information content (AvgIpc) is 2.46. The standard InChI is InChI=1S/C14H14F6N2O2.ClH/c15-13(16,17)8-3-9(14(18,19)20)5-10(4-8)22-12(23)6-11-7-24-2-1-21-11;/h3-5,11,21H,1-2,6-7H2,(H,22,23);1H. The molecule has 2 rings (SSSR count). The van der Waals surface area contributed by atoms with E-state index in [1.807, 2.05) is 0 Å². The van der Waals surface area contributed by atoms with Crippen molar-refractivity contribution < 1.29 is 35.9 Å². The summed E-state index contributed by atoms with van der Waals surface area (Å²) in [6.45, 7) is 1.23. The summed E-state index contributed by atoms with van der Waals surface area (Å²) in [5.74, 6) is -0.703. The van der Waals surface area contributed by atoms with Crippen LogP contribution in [0.1, 0.15) is 17.5 Å². The van der Waals surface area contributed by atoms with Crippen molar-refractivity contribution in [1.29, 1.82) is 0 Å². The molecule has 0 saturated carbocycles. The molecule has 4 nitrogen and oxygen atoms in total. The Labute approximate surface area is 145 Å². The third-order valence-corrected chi connectivity index (χ3v) is 3.30. The van der Waals surface area contributed by atoms with Gasteiger partial charge in [0.1, 0.15) is 0 Å². The molecule has 0 bridgehead atoms. The van der Waals surface area contributed by atoms with Crippen molar-refractivity contribution in [2.45, 2.75) is 24.8 Å². The minimum atomic E-state index is -4.96. The van der Waals surface area contributed by atoms with Crippen molar-refractivity contribution >= 4 is 24.0 Å². The maximum absolute atomic E-state index is 12.7. The summed E-state index contributed by atoms with van der Waals surface area (Å²) in [5, 5.41) is 5.04. The lowest BCUT2D eigenvalue weighted by atomic mass is 10.1. The number of ether oxygens (including phenoxy) is 1. The van der Waals surface area contributed by atoms with E-state index in [4.69, 9.17) is 4.74 Å². The first-order chi connectivity index (χ1) is 11.1. The molecule has 11 heteroatoms. The molecule has 25 heavy (non-hydrogen) atoms. The Bertz CT molecular complexity index is 568. The molecule has 0 aliphatic carbocycles. The van der Waals surface area contributed by atoms with E-state index in [-0.39, 0.29) is 37.5 Å². The summed E-state index contributed by atoms with van der Waals surface area (Å²) in [4.78, 5) is 11.8. The van der Waals surface area contributed by atoms with Crippen molar-refractivity contribution in [2.75, 3.05) is 25.1 Å². The Morgan fingerprint density at radius 1 is 1.12 bits per heavy atom. The zero-order chi connectivity index (χ0) is 18.0. The normalized spacial score (nSPS) is 18.4. The predicted molar refractivity (Wildman–Crippen MR) is 79.6 cm³/mol. The lowest BCUT2D eigenvalue weighted by Crippen LogP contribution is -2.43. The van der Waals surface area contributed by atoms with Crippen LogP contribution in [0.3, 0.4) is 0 Å². The molecule has 1 fully saturated rings. The fraction of sp³-hybridized carbons (Fsp3) is 0.500. The molecule has 1 aromatic rings. The van der Waals surface area contributed by atoms with Crippen LogP contribution in [0.15, 0.2) is 18.2 Å². The predicted octanol–water partition coefficient (Wildman–Crippen LogP) is 3.46. The largest absolute Gasteiger partial charge is 0.416 e. The van der Waals surface area contributed by atoms with E-state index in [9.17, 15) is 31.1 Å². The Hall–Kier alpha value is -1.52. The molecular weight excluding hydrogens is 378 g/mol. The molecule has 1 saturated heterocycles. The Balaban J connectivity index is 0.00000312. The van der Waals surface area contributed by atoms with Gasteiger partial charge in [-0.25, -0.2) is 0 Å². The third kappa shape index (κ3) is 6.37. The number of amides is 1. The molecule has 1 atom stereocenters. The van der Waals surface area contributed by atoms with Gasteiger partial charge in [-0.3, -0.25) is 4.79 Å². The van der Waals surface area contributed by atoms with Crippen molar-refractivity contribution in [3.05, 3.63) is 29.3 Å². The van der Waals surface area contributed by atoms with Gasteiger partial charge in [-0.2, -0.15) is 26.3 Å². The van der Waals surface area contributed by atoms with E-state index in [1.54, 1.807) is 0 Å². The molecule has 1 aromatic carbocycles. The highest BCUT2D eigenvalue weighted by Crippen LogP contribution is 2.37. The van der Waals surface area contributed by atoms with Crippen LogP contribution in [-0.4, -0.2) is 31.7 Å². The summed E-state index contributed by atoms with van der Waals surface area (Å²) >= 11 is 0. The Morgan fingerprint density at radius 3 is 2.12 bits per heavy atom. The van der Waals surface area contributed by atoms with Crippen molar-refractivity contribution in [1.82, 2.24) is 5.32 Å². The Kier molecular flexibility index (Phi) is 7.09. The van der Waals surface area contributed by atoms with Crippen LogP contribution in [0.4, 0.5) is 32.0 Å². The van der Waals surface area contributed by atoms with Gasteiger partial charge < -0.3 is 15.4 Å². The first kappa shape index (κ1) is 21.5. The number of hydrogen-bond acceptors (Lipinski definition) is 3. The molecular formula is C14H15ClF6N2O2. The zero-order valence-corrected chi connectivity index (χ0v) is 13.4. The van der Waals surface area contributed by atoms with Crippen LogP contribution in [0.5, 0.6) is 0 Å². The zero-order valence-electron chi connectivity index (χ0n) is 12.6. The first-order valence-corrected chi connectivity index (χ1v) is 6.96. The highest BCUT2D eigenvalue weighted by atomic mass is 35.5. The number of benzene rings is 1. The molecule has 1 unspecified atom stereocenters. The molecule has 2 N–H and O–H groups in total. The van der Waals surface area contributed by atoms with Gasteiger partial charge in [-0.05, 0) is 18.2 Å². The van der Waals surface area contributed by atoms with Crippen LogP contribution in [0.25, 0.3) is 0 Å². The lowest BCUT2D eigenvalue weighted by Gasteiger charge is -2.23. The molecule has 1 heterocycles. The highest BCUT2D eigenvalue weighted by Gasteiger charge is 2.37. The molecule has 0 aromatic heterocycles. The molecule has 0 radical (unpaired) electrons. The summed E-state index contributed by atoms with van der Waals surface area (Å²) in [7, 11) is 0. The number of alkyl halides is 6. The molecule has 1 aliphatic heterocycles. The number of halogens is 7. The van der Waals surface area contributed by atoms with Crippen LogP contribution in [-0.2, 0) is 21.9 Å². The smallest absolute Gasteiger partial charge is 0.378 e. The number of anilines is 1. The number of morpholine rings is 1. The third-order valence-electron chi connectivity index (χ3n) is 3.30. The van der Waals surface area contributed by atoms with E-state index in [1.165, 1.54) is 0 Å². The van der Waals surface area contributed by atoms with Crippen molar-refractivity contribution in [3.63, 3.8) is 0 Å². The fourth-order valence-corrected chi connectivity index (χ4v) is 2.21. The molecule has 142 valence electrons. The van der Waals surface area contributed by atoms with E-state index in [0.717, 1.165) is 0 Å². The molecule has 1 aliphatic rings. The Morgan fingerprint density at radius 2 is 1.68 bits per heavy atom. The van der Waals surface area contributed by atoms with Gasteiger partial charge in [-0.1, -0.05) is 0 Å². The number of hydrogen-bond donors (Lipinski definition) is 2.